The van der Waals surface area contributed by atoms with Crippen LogP contribution in [0.2, 0.25) is 0 Å². The van der Waals surface area contributed by atoms with E-state index in [2.05, 4.69) is 0 Å². The summed E-state index contributed by atoms with van der Waals surface area (Å²) in [5.74, 6) is -3.33. The number of nitro groups is 1. The number of halogens is 1. The molecule has 2 aromatic carbocycles. The van der Waals surface area contributed by atoms with Crippen molar-refractivity contribution >= 4 is 23.3 Å². The summed E-state index contributed by atoms with van der Waals surface area (Å²) in [5.41, 5.74) is -0.909. The smallest absolute Gasteiger partial charge is 0.336 e. The molecule has 0 radical (unpaired) electrons. The summed E-state index contributed by atoms with van der Waals surface area (Å²) in [4.78, 5) is 21.4. The van der Waals surface area contributed by atoms with Crippen LogP contribution in [0.15, 0.2) is 30.3 Å². The predicted octanol–water partition coefficient (Wildman–Crippen LogP) is 3.08. The largest absolute Gasteiger partial charge is 0.507 e. The van der Waals surface area contributed by atoms with Gasteiger partial charge in [0, 0.05) is 17.7 Å². The average molecular weight is 333 g/mol. The highest BCUT2D eigenvalue weighted by atomic mass is 19.1. The Morgan fingerprint density at radius 2 is 1.88 bits per heavy atom. The first-order valence-corrected chi connectivity index (χ1v) is 6.62. The lowest BCUT2D eigenvalue weighted by atomic mass is 10.0. The molecular weight excluding hydrogens is 321 g/mol. The second-order valence-corrected chi connectivity index (χ2v) is 4.98. The number of hydrogen-bond acceptors (Lipinski definition) is 5. The third-order valence-corrected chi connectivity index (χ3v) is 3.33. The lowest BCUT2D eigenvalue weighted by Crippen LogP contribution is -2.01. The van der Waals surface area contributed by atoms with Gasteiger partial charge in [-0.25, -0.2) is 9.18 Å². The Bertz CT molecular complexity index is 875. The average Bonchev–Trinajstić information content (AvgIpc) is 2.48. The first-order valence-electron chi connectivity index (χ1n) is 6.62. The Morgan fingerprint density at radius 1 is 1.21 bits per heavy atom. The van der Waals surface area contributed by atoms with E-state index in [4.69, 9.17) is 0 Å². The van der Waals surface area contributed by atoms with E-state index in [1.165, 1.54) is 19.1 Å². The number of aryl methyl sites for hydroxylation is 1. The molecule has 0 saturated carbocycles. The van der Waals surface area contributed by atoms with Crippen molar-refractivity contribution in [3.63, 3.8) is 0 Å². The molecule has 0 amide bonds. The number of hydrogen-bond donors (Lipinski definition) is 3. The van der Waals surface area contributed by atoms with Crippen molar-refractivity contribution in [1.82, 2.24) is 0 Å². The number of aromatic hydroxyl groups is 2. The van der Waals surface area contributed by atoms with E-state index in [1.807, 2.05) is 0 Å². The molecule has 8 heteroatoms. The SMILES string of the molecule is Cc1ccc(/C(=C/c2cc([N+](=O)[O-])c(O)cc2O)C(=O)O)cc1F. The van der Waals surface area contributed by atoms with Gasteiger partial charge in [-0.3, -0.25) is 10.1 Å². The number of rotatable bonds is 4. The van der Waals surface area contributed by atoms with Crippen LogP contribution in [0.5, 0.6) is 11.5 Å². The van der Waals surface area contributed by atoms with E-state index in [9.17, 15) is 34.6 Å². The molecule has 2 aromatic rings. The Labute approximate surface area is 135 Å². The highest BCUT2D eigenvalue weighted by Crippen LogP contribution is 2.35. The first kappa shape index (κ1) is 16.9. The Hall–Kier alpha value is -3.42. The van der Waals surface area contributed by atoms with Crippen LogP contribution in [-0.2, 0) is 4.79 Å². The second-order valence-electron chi connectivity index (χ2n) is 4.98. The van der Waals surface area contributed by atoms with E-state index in [-0.39, 0.29) is 16.7 Å². The summed E-state index contributed by atoms with van der Waals surface area (Å²) in [6, 6.07) is 5.35. The van der Waals surface area contributed by atoms with Crippen LogP contribution >= 0.6 is 0 Å². The van der Waals surface area contributed by atoms with E-state index in [0.29, 0.717) is 5.56 Å². The zero-order valence-corrected chi connectivity index (χ0v) is 12.4. The molecule has 124 valence electrons. The van der Waals surface area contributed by atoms with E-state index in [1.54, 1.807) is 0 Å². The quantitative estimate of drug-likeness (QED) is 0.342. The topological polar surface area (TPSA) is 121 Å². The van der Waals surface area contributed by atoms with Gasteiger partial charge in [-0.05, 0) is 30.2 Å². The molecule has 0 heterocycles. The molecule has 0 unspecified atom stereocenters. The lowest BCUT2D eigenvalue weighted by molar-refractivity contribution is -0.385. The number of carboxylic acids is 1. The van der Waals surface area contributed by atoms with Crippen molar-refractivity contribution in [3.8, 4) is 11.5 Å². The van der Waals surface area contributed by atoms with Crippen molar-refractivity contribution in [2.45, 2.75) is 6.92 Å². The lowest BCUT2D eigenvalue weighted by Gasteiger charge is -2.07. The third-order valence-electron chi connectivity index (χ3n) is 3.33. The van der Waals surface area contributed by atoms with Gasteiger partial charge in [0.1, 0.15) is 11.6 Å². The van der Waals surface area contributed by atoms with Crippen LogP contribution < -0.4 is 0 Å². The van der Waals surface area contributed by atoms with Crippen LogP contribution in [0.4, 0.5) is 10.1 Å². The number of phenolic OH excluding ortho intramolecular Hbond substituents is 2. The molecule has 0 spiro atoms. The van der Waals surface area contributed by atoms with E-state index in [0.717, 1.165) is 24.3 Å². The van der Waals surface area contributed by atoms with Gasteiger partial charge in [-0.2, -0.15) is 0 Å². The highest BCUT2D eigenvalue weighted by molar-refractivity contribution is 6.20. The maximum absolute atomic E-state index is 13.7. The predicted molar refractivity (Wildman–Crippen MR) is 83.1 cm³/mol. The van der Waals surface area contributed by atoms with Crippen LogP contribution in [-0.4, -0.2) is 26.2 Å². The molecule has 0 aliphatic rings. The third kappa shape index (κ3) is 3.32. The maximum Gasteiger partial charge on any atom is 0.336 e. The van der Waals surface area contributed by atoms with Crippen molar-refractivity contribution in [2.24, 2.45) is 0 Å². The number of carbonyl (C=O) groups is 1. The number of aliphatic carboxylic acids is 1. The monoisotopic (exact) mass is 333 g/mol. The summed E-state index contributed by atoms with van der Waals surface area (Å²) in [6.07, 6.45) is 0.966. The summed E-state index contributed by atoms with van der Waals surface area (Å²) < 4.78 is 13.7. The minimum atomic E-state index is -1.41. The van der Waals surface area contributed by atoms with Gasteiger partial charge >= 0.3 is 11.7 Å². The number of nitro benzene ring substituents is 1. The van der Waals surface area contributed by atoms with Crippen LogP contribution in [0.3, 0.4) is 0 Å². The molecule has 0 aliphatic carbocycles. The summed E-state index contributed by atoms with van der Waals surface area (Å²) in [7, 11) is 0. The molecule has 2 rings (SSSR count). The van der Waals surface area contributed by atoms with Crippen LogP contribution in [0, 0.1) is 22.9 Å². The minimum absolute atomic E-state index is 0.0285. The van der Waals surface area contributed by atoms with Gasteiger partial charge in [-0.15, -0.1) is 0 Å². The van der Waals surface area contributed by atoms with Crippen molar-refractivity contribution in [1.29, 1.82) is 0 Å². The first-order chi connectivity index (χ1) is 11.2. The molecular formula is C16H12FNO6. The van der Waals surface area contributed by atoms with Crippen molar-refractivity contribution < 1.29 is 29.4 Å². The van der Waals surface area contributed by atoms with E-state index < -0.39 is 33.9 Å². The molecule has 0 atom stereocenters. The molecule has 0 aromatic heterocycles. The second kappa shape index (κ2) is 6.37. The van der Waals surface area contributed by atoms with Gasteiger partial charge in [0.25, 0.3) is 0 Å². The number of carboxylic acid groups (broad SMARTS) is 1. The molecule has 0 aliphatic heterocycles. The zero-order chi connectivity index (χ0) is 18.0. The van der Waals surface area contributed by atoms with Crippen molar-refractivity contribution in [3.05, 3.63) is 63.0 Å². The maximum atomic E-state index is 13.7. The molecule has 3 N–H and O–H groups in total. The van der Waals surface area contributed by atoms with Crippen molar-refractivity contribution in [2.75, 3.05) is 0 Å². The number of benzene rings is 2. The molecule has 0 bridgehead atoms. The van der Waals surface area contributed by atoms with Crippen LogP contribution in [0.1, 0.15) is 16.7 Å². The van der Waals surface area contributed by atoms with Gasteiger partial charge in [0.15, 0.2) is 5.75 Å². The van der Waals surface area contributed by atoms with Crippen LogP contribution in [0.25, 0.3) is 11.6 Å². The fourth-order valence-electron chi connectivity index (χ4n) is 2.03. The summed E-state index contributed by atoms with van der Waals surface area (Å²) >= 11 is 0. The Morgan fingerprint density at radius 3 is 2.42 bits per heavy atom. The fourth-order valence-corrected chi connectivity index (χ4v) is 2.03. The Kier molecular flexibility index (Phi) is 4.50. The minimum Gasteiger partial charge on any atom is -0.507 e. The highest BCUT2D eigenvalue weighted by Gasteiger charge is 2.19. The molecule has 7 nitrogen and oxygen atoms in total. The zero-order valence-electron chi connectivity index (χ0n) is 12.4. The van der Waals surface area contributed by atoms with Gasteiger partial charge in [-0.1, -0.05) is 12.1 Å². The van der Waals surface area contributed by atoms with Gasteiger partial charge in [0.05, 0.1) is 10.5 Å². The number of phenols is 2. The van der Waals surface area contributed by atoms with Gasteiger partial charge < -0.3 is 15.3 Å². The molecule has 24 heavy (non-hydrogen) atoms. The summed E-state index contributed by atoms with van der Waals surface area (Å²) in [5, 5.41) is 39.4. The molecule has 0 fully saturated rings. The Balaban J connectivity index is 2.64. The normalized spacial score (nSPS) is 11.3. The van der Waals surface area contributed by atoms with E-state index >= 15 is 0 Å². The fraction of sp³-hybridized carbons (Fsp3) is 0.0625. The number of nitrogens with zero attached hydrogens (tertiary/aromatic N) is 1. The molecule has 0 saturated heterocycles. The standard InChI is InChI=1S/C16H12FNO6/c1-8-2-3-9(5-12(8)17)11(16(21)22)4-10-6-13(18(23)24)15(20)7-14(10)19/h2-7,19-20H,1H3,(H,21,22)/b11-4-. The summed E-state index contributed by atoms with van der Waals surface area (Å²) in [6.45, 7) is 1.51. The van der Waals surface area contributed by atoms with Gasteiger partial charge in [0.2, 0.25) is 0 Å².